The third-order valence-electron chi connectivity index (χ3n) is 3.22. The highest BCUT2D eigenvalue weighted by Crippen LogP contribution is 2.32. The van der Waals surface area contributed by atoms with E-state index in [9.17, 15) is 0 Å². The normalized spacial score (nSPS) is 10.6. The topological polar surface area (TPSA) is 0 Å². The summed E-state index contributed by atoms with van der Waals surface area (Å²) in [4.78, 5) is 0. The van der Waals surface area contributed by atoms with Crippen molar-refractivity contribution < 1.29 is 0 Å². The first-order chi connectivity index (χ1) is 8.74. The van der Waals surface area contributed by atoms with Gasteiger partial charge in [-0.05, 0) is 34.6 Å². The van der Waals surface area contributed by atoms with Crippen LogP contribution in [0.1, 0.15) is 30.9 Å². The quantitative estimate of drug-likeness (QED) is 0.640. The van der Waals surface area contributed by atoms with Gasteiger partial charge in [-0.25, -0.2) is 0 Å². The van der Waals surface area contributed by atoms with Gasteiger partial charge in [0, 0.05) is 0 Å². The Morgan fingerprint density at radius 2 is 1.72 bits per heavy atom. The SMILES string of the molecule is C=CCc1cccc(-c2ccccc2)c1C(C)C. The Morgan fingerprint density at radius 1 is 1.00 bits per heavy atom. The highest BCUT2D eigenvalue weighted by atomic mass is 14.2. The van der Waals surface area contributed by atoms with E-state index in [0.29, 0.717) is 5.92 Å². The number of hydrogen-bond donors (Lipinski definition) is 0. The van der Waals surface area contributed by atoms with Crippen molar-refractivity contribution in [2.75, 3.05) is 0 Å². The van der Waals surface area contributed by atoms with Crippen molar-refractivity contribution in [1.82, 2.24) is 0 Å². The first-order valence-corrected chi connectivity index (χ1v) is 6.52. The summed E-state index contributed by atoms with van der Waals surface area (Å²) in [5, 5.41) is 0. The van der Waals surface area contributed by atoms with Gasteiger partial charge in [0.2, 0.25) is 0 Å². The van der Waals surface area contributed by atoms with Crippen LogP contribution in [0.5, 0.6) is 0 Å². The largest absolute Gasteiger partial charge is 0.103 e. The van der Waals surface area contributed by atoms with E-state index in [-0.39, 0.29) is 0 Å². The molecule has 0 unspecified atom stereocenters. The Balaban J connectivity index is 2.60. The standard InChI is InChI=1S/C18H20/c1-4-9-16-12-8-13-17(18(16)14(2)3)15-10-6-5-7-11-15/h4-8,10-14H,1,9H2,2-3H3. The first-order valence-electron chi connectivity index (χ1n) is 6.52. The van der Waals surface area contributed by atoms with Gasteiger partial charge in [0.25, 0.3) is 0 Å². The molecule has 0 fully saturated rings. The van der Waals surface area contributed by atoms with Crippen molar-refractivity contribution >= 4 is 0 Å². The first kappa shape index (κ1) is 12.6. The van der Waals surface area contributed by atoms with Crippen molar-refractivity contribution in [1.29, 1.82) is 0 Å². The number of rotatable bonds is 4. The van der Waals surface area contributed by atoms with Crippen LogP contribution in [0.15, 0.2) is 61.2 Å². The summed E-state index contributed by atoms with van der Waals surface area (Å²) in [6.07, 6.45) is 2.92. The molecule has 92 valence electrons. The summed E-state index contributed by atoms with van der Waals surface area (Å²) in [7, 11) is 0. The molecule has 0 spiro atoms. The highest BCUT2D eigenvalue weighted by molar-refractivity contribution is 5.69. The molecule has 0 N–H and O–H groups in total. The predicted octanol–water partition coefficient (Wildman–Crippen LogP) is 5.21. The molecule has 0 aromatic heterocycles. The molecule has 0 saturated heterocycles. The minimum absolute atomic E-state index is 0.524. The third kappa shape index (κ3) is 2.53. The van der Waals surface area contributed by atoms with Gasteiger partial charge in [-0.1, -0.05) is 68.5 Å². The van der Waals surface area contributed by atoms with Gasteiger partial charge in [0.15, 0.2) is 0 Å². The van der Waals surface area contributed by atoms with E-state index in [1.54, 1.807) is 0 Å². The summed E-state index contributed by atoms with van der Waals surface area (Å²) in [6, 6.07) is 17.2. The van der Waals surface area contributed by atoms with Crippen LogP contribution in [0.3, 0.4) is 0 Å². The van der Waals surface area contributed by atoms with Crippen molar-refractivity contribution in [2.45, 2.75) is 26.2 Å². The summed E-state index contributed by atoms with van der Waals surface area (Å²) < 4.78 is 0. The van der Waals surface area contributed by atoms with Gasteiger partial charge in [-0.3, -0.25) is 0 Å². The Hall–Kier alpha value is -1.82. The van der Waals surface area contributed by atoms with Crippen LogP contribution in [0.25, 0.3) is 11.1 Å². The predicted molar refractivity (Wildman–Crippen MR) is 79.9 cm³/mol. The second-order valence-electron chi connectivity index (χ2n) is 4.89. The smallest absolute Gasteiger partial charge is 0.00971 e. The van der Waals surface area contributed by atoms with Crippen molar-refractivity contribution in [2.24, 2.45) is 0 Å². The molecule has 0 aliphatic carbocycles. The molecule has 0 atom stereocenters. The molecule has 0 aliphatic rings. The van der Waals surface area contributed by atoms with Crippen LogP contribution >= 0.6 is 0 Å². The average molecular weight is 236 g/mol. The lowest BCUT2D eigenvalue weighted by Crippen LogP contribution is -1.99. The molecule has 18 heavy (non-hydrogen) atoms. The number of allylic oxidation sites excluding steroid dienone is 1. The van der Waals surface area contributed by atoms with Gasteiger partial charge in [0.05, 0.1) is 0 Å². The Labute approximate surface area is 110 Å². The molecule has 2 aromatic rings. The van der Waals surface area contributed by atoms with Crippen LogP contribution in [-0.4, -0.2) is 0 Å². The summed E-state index contributed by atoms with van der Waals surface area (Å²) in [6.45, 7) is 8.38. The number of benzene rings is 2. The lowest BCUT2D eigenvalue weighted by atomic mass is 9.87. The molecule has 2 aromatic carbocycles. The van der Waals surface area contributed by atoms with E-state index < -0.39 is 0 Å². The van der Waals surface area contributed by atoms with E-state index in [0.717, 1.165) is 6.42 Å². The molecular formula is C18H20. The fourth-order valence-electron chi connectivity index (χ4n) is 2.50. The van der Waals surface area contributed by atoms with Gasteiger partial charge in [-0.2, -0.15) is 0 Å². The number of hydrogen-bond acceptors (Lipinski definition) is 0. The highest BCUT2D eigenvalue weighted by Gasteiger charge is 2.12. The molecular weight excluding hydrogens is 216 g/mol. The van der Waals surface area contributed by atoms with Crippen molar-refractivity contribution in [3.8, 4) is 11.1 Å². The van der Waals surface area contributed by atoms with E-state index in [1.165, 1.54) is 22.3 Å². The minimum Gasteiger partial charge on any atom is -0.103 e. The van der Waals surface area contributed by atoms with Gasteiger partial charge < -0.3 is 0 Å². The Bertz CT molecular complexity index is 521. The van der Waals surface area contributed by atoms with E-state index >= 15 is 0 Å². The maximum atomic E-state index is 3.86. The summed E-state index contributed by atoms with van der Waals surface area (Å²) in [5.74, 6) is 0.524. The van der Waals surface area contributed by atoms with Gasteiger partial charge >= 0.3 is 0 Å². The molecule has 0 heterocycles. The monoisotopic (exact) mass is 236 g/mol. The minimum atomic E-state index is 0.524. The Kier molecular flexibility index (Phi) is 3.99. The molecule has 0 radical (unpaired) electrons. The lowest BCUT2D eigenvalue weighted by Gasteiger charge is -2.17. The molecule has 0 bridgehead atoms. The van der Waals surface area contributed by atoms with Crippen molar-refractivity contribution in [3.05, 3.63) is 72.3 Å². The second-order valence-corrected chi connectivity index (χ2v) is 4.89. The second kappa shape index (κ2) is 5.68. The van der Waals surface area contributed by atoms with Crippen LogP contribution in [0.2, 0.25) is 0 Å². The van der Waals surface area contributed by atoms with Crippen LogP contribution in [0, 0.1) is 0 Å². The zero-order chi connectivity index (χ0) is 13.0. The summed E-state index contributed by atoms with van der Waals surface area (Å²) in [5.41, 5.74) is 5.49. The fraction of sp³-hybridized carbons (Fsp3) is 0.222. The van der Waals surface area contributed by atoms with Crippen LogP contribution in [-0.2, 0) is 6.42 Å². The summed E-state index contributed by atoms with van der Waals surface area (Å²) >= 11 is 0. The van der Waals surface area contributed by atoms with Gasteiger partial charge in [-0.15, -0.1) is 6.58 Å². The zero-order valence-corrected chi connectivity index (χ0v) is 11.2. The van der Waals surface area contributed by atoms with Crippen molar-refractivity contribution in [3.63, 3.8) is 0 Å². The molecule has 0 heteroatoms. The van der Waals surface area contributed by atoms with E-state index in [4.69, 9.17) is 0 Å². The molecule has 0 nitrogen and oxygen atoms in total. The maximum Gasteiger partial charge on any atom is -0.00971 e. The Morgan fingerprint density at radius 3 is 2.33 bits per heavy atom. The fourth-order valence-corrected chi connectivity index (χ4v) is 2.50. The van der Waals surface area contributed by atoms with Crippen LogP contribution in [0.4, 0.5) is 0 Å². The average Bonchev–Trinajstić information content (AvgIpc) is 2.39. The van der Waals surface area contributed by atoms with E-state index in [1.807, 2.05) is 6.08 Å². The third-order valence-corrected chi connectivity index (χ3v) is 3.22. The van der Waals surface area contributed by atoms with Crippen LogP contribution < -0.4 is 0 Å². The molecule has 0 saturated carbocycles. The van der Waals surface area contributed by atoms with Gasteiger partial charge in [0.1, 0.15) is 0 Å². The maximum absolute atomic E-state index is 3.86. The lowest BCUT2D eigenvalue weighted by molar-refractivity contribution is 0.853. The molecule has 0 aliphatic heterocycles. The molecule has 0 amide bonds. The molecule has 2 rings (SSSR count). The zero-order valence-electron chi connectivity index (χ0n) is 11.2. The van der Waals surface area contributed by atoms with E-state index in [2.05, 4.69) is 69.0 Å².